The zero-order valence-corrected chi connectivity index (χ0v) is 12.5. The van der Waals surface area contributed by atoms with Crippen molar-refractivity contribution in [1.29, 1.82) is 0 Å². The van der Waals surface area contributed by atoms with E-state index in [4.69, 9.17) is 16.3 Å². The second kappa shape index (κ2) is 6.09. The van der Waals surface area contributed by atoms with Crippen LogP contribution < -0.4 is 4.74 Å². The summed E-state index contributed by atoms with van der Waals surface area (Å²) in [4.78, 5) is 16.6. The maximum absolute atomic E-state index is 12.3. The standard InChI is InChI=1S/C15H17ClN2O2/c1-10(2)15-17-6-7-18(15)9-13(19)11-4-5-14(20-3)12(16)8-11/h4-8,10H,9H2,1-3H3. The predicted octanol–water partition coefficient (Wildman–Crippen LogP) is 3.55. The van der Waals surface area contributed by atoms with E-state index in [0.29, 0.717) is 16.3 Å². The Bertz CT molecular complexity index is 620. The van der Waals surface area contributed by atoms with Gasteiger partial charge in [0.05, 0.1) is 18.7 Å². The fourth-order valence-electron chi connectivity index (χ4n) is 2.04. The Hall–Kier alpha value is -1.81. The summed E-state index contributed by atoms with van der Waals surface area (Å²) in [7, 11) is 1.54. The van der Waals surface area contributed by atoms with Crippen molar-refractivity contribution in [3.05, 3.63) is 47.0 Å². The van der Waals surface area contributed by atoms with Crippen molar-refractivity contribution in [3.63, 3.8) is 0 Å². The van der Waals surface area contributed by atoms with Crippen LogP contribution in [0.15, 0.2) is 30.6 Å². The zero-order chi connectivity index (χ0) is 14.7. The average molecular weight is 293 g/mol. The monoisotopic (exact) mass is 292 g/mol. The number of carbonyl (C=O) groups is 1. The number of halogens is 1. The molecule has 0 spiro atoms. The third-order valence-corrected chi connectivity index (χ3v) is 3.35. The molecule has 2 aromatic rings. The van der Waals surface area contributed by atoms with E-state index in [9.17, 15) is 4.79 Å². The van der Waals surface area contributed by atoms with Crippen molar-refractivity contribution in [2.75, 3.05) is 7.11 Å². The van der Waals surface area contributed by atoms with Crippen LogP contribution in [0.1, 0.15) is 35.9 Å². The number of nitrogens with zero attached hydrogens (tertiary/aromatic N) is 2. The largest absolute Gasteiger partial charge is 0.495 e. The number of rotatable bonds is 5. The number of imidazole rings is 1. The fourth-order valence-corrected chi connectivity index (χ4v) is 2.30. The van der Waals surface area contributed by atoms with E-state index in [1.165, 1.54) is 0 Å². The van der Waals surface area contributed by atoms with Crippen molar-refractivity contribution in [3.8, 4) is 5.75 Å². The Labute approximate surface area is 123 Å². The lowest BCUT2D eigenvalue weighted by Gasteiger charge is -2.10. The Morgan fingerprint density at radius 2 is 2.20 bits per heavy atom. The summed E-state index contributed by atoms with van der Waals surface area (Å²) >= 11 is 6.04. The van der Waals surface area contributed by atoms with Crippen LogP contribution in [-0.4, -0.2) is 22.4 Å². The Kier molecular flexibility index (Phi) is 4.45. The molecule has 0 amide bonds. The van der Waals surface area contributed by atoms with Gasteiger partial charge < -0.3 is 9.30 Å². The lowest BCUT2D eigenvalue weighted by atomic mass is 10.1. The molecule has 0 fully saturated rings. The van der Waals surface area contributed by atoms with Crippen LogP contribution in [0.4, 0.5) is 0 Å². The highest BCUT2D eigenvalue weighted by molar-refractivity contribution is 6.32. The molecule has 1 heterocycles. The van der Waals surface area contributed by atoms with Gasteiger partial charge in [0.15, 0.2) is 5.78 Å². The lowest BCUT2D eigenvalue weighted by Crippen LogP contribution is -2.13. The first kappa shape index (κ1) is 14.6. The lowest BCUT2D eigenvalue weighted by molar-refractivity contribution is 0.0970. The summed E-state index contributed by atoms with van der Waals surface area (Å²) in [5, 5.41) is 0.438. The van der Waals surface area contributed by atoms with E-state index in [2.05, 4.69) is 4.98 Å². The maximum atomic E-state index is 12.3. The van der Waals surface area contributed by atoms with Crippen molar-refractivity contribution >= 4 is 17.4 Å². The van der Waals surface area contributed by atoms with Gasteiger partial charge in [0, 0.05) is 23.9 Å². The van der Waals surface area contributed by atoms with Gasteiger partial charge in [-0.3, -0.25) is 4.79 Å². The molecule has 20 heavy (non-hydrogen) atoms. The molecule has 1 aromatic carbocycles. The summed E-state index contributed by atoms with van der Waals surface area (Å²) < 4.78 is 6.94. The third-order valence-electron chi connectivity index (χ3n) is 3.05. The van der Waals surface area contributed by atoms with Crippen LogP contribution in [0.5, 0.6) is 5.75 Å². The molecule has 0 aliphatic heterocycles. The summed E-state index contributed by atoms with van der Waals surface area (Å²) in [6.07, 6.45) is 3.53. The summed E-state index contributed by atoms with van der Waals surface area (Å²) in [5.41, 5.74) is 0.569. The van der Waals surface area contributed by atoms with Crippen molar-refractivity contribution in [1.82, 2.24) is 9.55 Å². The molecule has 0 aliphatic rings. The Morgan fingerprint density at radius 1 is 1.45 bits per heavy atom. The molecule has 1 aromatic heterocycles. The van der Waals surface area contributed by atoms with E-state index in [0.717, 1.165) is 5.82 Å². The van der Waals surface area contributed by atoms with Crippen LogP contribution >= 0.6 is 11.6 Å². The van der Waals surface area contributed by atoms with Crippen LogP contribution in [0.25, 0.3) is 0 Å². The SMILES string of the molecule is COc1ccc(C(=O)Cn2ccnc2C(C)C)cc1Cl. The highest BCUT2D eigenvalue weighted by Gasteiger charge is 2.13. The molecular formula is C15H17ClN2O2. The number of ketones is 1. The topological polar surface area (TPSA) is 44.1 Å². The smallest absolute Gasteiger partial charge is 0.182 e. The molecule has 0 saturated heterocycles. The molecule has 0 saturated carbocycles. The molecule has 4 nitrogen and oxygen atoms in total. The van der Waals surface area contributed by atoms with Crippen LogP contribution in [0.2, 0.25) is 5.02 Å². The van der Waals surface area contributed by atoms with Gasteiger partial charge in [0.1, 0.15) is 11.6 Å². The Morgan fingerprint density at radius 3 is 2.80 bits per heavy atom. The molecule has 0 radical (unpaired) electrons. The number of ether oxygens (including phenoxy) is 1. The molecule has 2 rings (SSSR count). The molecule has 0 aliphatic carbocycles. The first-order chi connectivity index (χ1) is 9.52. The van der Waals surface area contributed by atoms with Crippen molar-refractivity contribution in [2.45, 2.75) is 26.3 Å². The zero-order valence-electron chi connectivity index (χ0n) is 11.8. The molecular weight excluding hydrogens is 276 g/mol. The van der Waals surface area contributed by atoms with E-state index >= 15 is 0 Å². The minimum atomic E-state index is -0.00514. The Balaban J connectivity index is 2.20. The minimum Gasteiger partial charge on any atom is -0.495 e. The van der Waals surface area contributed by atoms with Gasteiger partial charge in [-0.1, -0.05) is 25.4 Å². The molecule has 5 heteroatoms. The molecule has 0 unspecified atom stereocenters. The highest BCUT2D eigenvalue weighted by Crippen LogP contribution is 2.25. The van der Waals surface area contributed by atoms with Gasteiger partial charge >= 0.3 is 0 Å². The van der Waals surface area contributed by atoms with Gasteiger partial charge in [-0.05, 0) is 18.2 Å². The first-order valence-corrected chi connectivity index (χ1v) is 6.78. The number of benzene rings is 1. The van der Waals surface area contributed by atoms with E-state index in [1.54, 1.807) is 31.5 Å². The van der Waals surface area contributed by atoms with Crippen molar-refractivity contribution in [2.24, 2.45) is 0 Å². The predicted molar refractivity (Wildman–Crippen MR) is 78.7 cm³/mol. The van der Waals surface area contributed by atoms with Crippen LogP contribution in [0, 0.1) is 0 Å². The number of methoxy groups -OCH3 is 1. The van der Waals surface area contributed by atoms with E-state index in [-0.39, 0.29) is 18.2 Å². The second-order valence-electron chi connectivity index (χ2n) is 4.84. The normalized spacial score (nSPS) is 10.8. The van der Waals surface area contributed by atoms with Crippen LogP contribution in [0.3, 0.4) is 0 Å². The number of carbonyl (C=O) groups excluding carboxylic acids is 1. The summed E-state index contributed by atoms with van der Waals surface area (Å²) in [6.45, 7) is 4.36. The van der Waals surface area contributed by atoms with Gasteiger partial charge in [0.2, 0.25) is 0 Å². The van der Waals surface area contributed by atoms with Gasteiger partial charge in [-0.15, -0.1) is 0 Å². The minimum absolute atomic E-state index is 0.00514. The average Bonchev–Trinajstić information content (AvgIpc) is 2.86. The summed E-state index contributed by atoms with van der Waals surface area (Å²) in [6, 6.07) is 5.06. The quantitative estimate of drug-likeness (QED) is 0.792. The third kappa shape index (κ3) is 3.02. The number of hydrogen-bond donors (Lipinski definition) is 0. The number of aromatic nitrogens is 2. The molecule has 0 bridgehead atoms. The number of Topliss-reactive ketones (excluding diaryl/α,β-unsaturated/α-hetero) is 1. The number of hydrogen-bond acceptors (Lipinski definition) is 3. The fraction of sp³-hybridized carbons (Fsp3) is 0.333. The molecule has 0 atom stereocenters. The van der Waals surface area contributed by atoms with E-state index in [1.807, 2.05) is 24.6 Å². The highest BCUT2D eigenvalue weighted by atomic mass is 35.5. The molecule has 106 valence electrons. The molecule has 0 N–H and O–H groups in total. The van der Waals surface area contributed by atoms with Crippen molar-refractivity contribution < 1.29 is 9.53 Å². The van der Waals surface area contributed by atoms with Gasteiger partial charge in [-0.25, -0.2) is 4.98 Å². The van der Waals surface area contributed by atoms with Gasteiger partial charge in [0.25, 0.3) is 0 Å². The van der Waals surface area contributed by atoms with Gasteiger partial charge in [-0.2, -0.15) is 0 Å². The maximum Gasteiger partial charge on any atom is 0.182 e. The summed E-state index contributed by atoms with van der Waals surface area (Å²) in [5.74, 6) is 1.73. The van der Waals surface area contributed by atoms with E-state index < -0.39 is 0 Å². The van der Waals surface area contributed by atoms with Crippen LogP contribution in [-0.2, 0) is 6.54 Å². The first-order valence-electron chi connectivity index (χ1n) is 6.40. The second-order valence-corrected chi connectivity index (χ2v) is 5.25.